The molecule has 0 fully saturated rings. The van der Waals surface area contributed by atoms with Crippen LogP contribution in [0.1, 0.15) is 32.0 Å². The first kappa shape index (κ1) is 11.9. The third-order valence-electron chi connectivity index (χ3n) is 2.90. The van der Waals surface area contributed by atoms with Crippen molar-refractivity contribution in [3.8, 4) is 11.1 Å². The Morgan fingerprint density at radius 1 is 1.06 bits per heavy atom. The van der Waals surface area contributed by atoms with E-state index in [0.717, 1.165) is 5.69 Å². The molecule has 2 rings (SSSR count). The van der Waals surface area contributed by atoms with E-state index < -0.39 is 0 Å². The van der Waals surface area contributed by atoms with Gasteiger partial charge in [-0.3, -0.25) is 4.68 Å². The molecule has 2 nitrogen and oxygen atoms in total. The van der Waals surface area contributed by atoms with E-state index >= 15 is 0 Å². The number of benzene rings is 1. The lowest BCUT2D eigenvalue weighted by Crippen LogP contribution is -2.13. The maximum Gasteiger partial charge on any atom is 0.0756 e. The highest BCUT2D eigenvalue weighted by atomic mass is 15.3. The minimum atomic E-state index is 0.0709. The van der Waals surface area contributed by atoms with Gasteiger partial charge in [0.15, 0.2) is 0 Å². The predicted molar refractivity (Wildman–Crippen MR) is 72.1 cm³/mol. The number of rotatable bonds is 1. The summed E-state index contributed by atoms with van der Waals surface area (Å²) in [5.41, 5.74) is 4.99. The van der Waals surface area contributed by atoms with Gasteiger partial charge in [0.05, 0.1) is 5.69 Å². The lowest BCUT2D eigenvalue weighted by molar-refractivity contribution is 0.554. The first-order valence-corrected chi connectivity index (χ1v) is 5.99. The van der Waals surface area contributed by atoms with E-state index in [4.69, 9.17) is 0 Å². The van der Waals surface area contributed by atoms with E-state index in [1.807, 2.05) is 11.7 Å². The van der Waals surface area contributed by atoms with Crippen LogP contribution in [0.3, 0.4) is 0 Å². The van der Waals surface area contributed by atoms with Gasteiger partial charge in [-0.2, -0.15) is 5.10 Å². The third kappa shape index (κ3) is 2.41. The molecule has 0 atom stereocenters. The predicted octanol–water partition coefficient (Wildman–Crippen LogP) is 3.69. The molecule has 0 aliphatic carbocycles. The molecule has 0 radical (unpaired) electrons. The van der Waals surface area contributed by atoms with Crippen molar-refractivity contribution in [2.24, 2.45) is 7.05 Å². The number of hydrogen-bond donors (Lipinski definition) is 0. The smallest absolute Gasteiger partial charge is 0.0756 e. The van der Waals surface area contributed by atoms with Crippen molar-refractivity contribution in [2.75, 3.05) is 0 Å². The highest BCUT2D eigenvalue weighted by molar-refractivity contribution is 5.66. The second kappa shape index (κ2) is 4.02. The molecule has 0 unspecified atom stereocenters. The quantitative estimate of drug-likeness (QED) is 0.728. The van der Waals surface area contributed by atoms with Gasteiger partial charge in [-0.05, 0) is 12.5 Å². The second-order valence-electron chi connectivity index (χ2n) is 5.68. The van der Waals surface area contributed by atoms with Crippen molar-refractivity contribution in [2.45, 2.75) is 33.1 Å². The molecular formula is C15H20N2. The fraction of sp³-hybridized carbons (Fsp3) is 0.400. The van der Waals surface area contributed by atoms with Gasteiger partial charge < -0.3 is 0 Å². The Bertz CT molecular complexity index is 513. The van der Waals surface area contributed by atoms with Crippen molar-refractivity contribution < 1.29 is 0 Å². The molecule has 0 saturated heterocycles. The van der Waals surface area contributed by atoms with Crippen LogP contribution in [-0.4, -0.2) is 9.78 Å². The Hall–Kier alpha value is -1.57. The Labute approximate surface area is 103 Å². The summed E-state index contributed by atoms with van der Waals surface area (Å²) in [6.45, 7) is 8.71. The summed E-state index contributed by atoms with van der Waals surface area (Å²) < 4.78 is 1.90. The van der Waals surface area contributed by atoms with Crippen molar-refractivity contribution in [1.82, 2.24) is 9.78 Å². The first-order valence-electron chi connectivity index (χ1n) is 5.99. The van der Waals surface area contributed by atoms with Gasteiger partial charge in [0.2, 0.25) is 0 Å². The summed E-state index contributed by atoms with van der Waals surface area (Å²) in [5, 5.41) is 4.60. The molecule has 0 bridgehead atoms. The Morgan fingerprint density at radius 2 is 1.65 bits per heavy atom. The normalized spacial score (nSPS) is 11.8. The van der Waals surface area contributed by atoms with Gasteiger partial charge in [0.25, 0.3) is 0 Å². The van der Waals surface area contributed by atoms with E-state index in [1.165, 1.54) is 16.7 Å². The average molecular weight is 228 g/mol. The zero-order chi connectivity index (χ0) is 12.6. The van der Waals surface area contributed by atoms with Crippen molar-refractivity contribution in [3.05, 3.63) is 41.7 Å². The Morgan fingerprint density at radius 3 is 2.18 bits per heavy atom. The first-order chi connectivity index (χ1) is 7.88. The minimum Gasteiger partial charge on any atom is -0.275 e. The molecule has 2 aromatic rings. The summed E-state index contributed by atoms with van der Waals surface area (Å²) >= 11 is 0. The summed E-state index contributed by atoms with van der Waals surface area (Å²) in [6.07, 6.45) is 2.10. The SMILES string of the molecule is Cc1ccc(-c2cn(C)nc2C(C)(C)C)cc1. The van der Waals surface area contributed by atoms with E-state index in [2.05, 4.69) is 63.3 Å². The van der Waals surface area contributed by atoms with Crippen LogP contribution >= 0.6 is 0 Å². The van der Waals surface area contributed by atoms with Crippen LogP contribution in [-0.2, 0) is 12.5 Å². The summed E-state index contributed by atoms with van der Waals surface area (Å²) in [7, 11) is 1.98. The van der Waals surface area contributed by atoms with Crippen molar-refractivity contribution in [1.29, 1.82) is 0 Å². The number of hydrogen-bond acceptors (Lipinski definition) is 1. The van der Waals surface area contributed by atoms with E-state index in [0.29, 0.717) is 0 Å². The Kier molecular flexibility index (Phi) is 2.82. The molecule has 1 aromatic heterocycles. The largest absolute Gasteiger partial charge is 0.275 e. The summed E-state index contributed by atoms with van der Waals surface area (Å²) in [5.74, 6) is 0. The molecule has 0 N–H and O–H groups in total. The second-order valence-corrected chi connectivity index (χ2v) is 5.68. The third-order valence-corrected chi connectivity index (χ3v) is 2.90. The van der Waals surface area contributed by atoms with E-state index in [9.17, 15) is 0 Å². The monoisotopic (exact) mass is 228 g/mol. The van der Waals surface area contributed by atoms with E-state index in [-0.39, 0.29) is 5.41 Å². The summed E-state index contributed by atoms with van der Waals surface area (Å²) in [4.78, 5) is 0. The average Bonchev–Trinajstić information content (AvgIpc) is 2.61. The highest BCUT2D eigenvalue weighted by Gasteiger charge is 2.22. The fourth-order valence-electron chi connectivity index (χ4n) is 1.99. The number of aromatic nitrogens is 2. The van der Waals surface area contributed by atoms with Gasteiger partial charge in [-0.1, -0.05) is 50.6 Å². The van der Waals surface area contributed by atoms with Gasteiger partial charge in [0.1, 0.15) is 0 Å². The maximum absolute atomic E-state index is 4.60. The molecule has 2 heteroatoms. The highest BCUT2D eigenvalue weighted by Crippen LogP contribution is 2.31. The van der Waals surface area contributed by atoms with Crippen LogP contribution in [0, 0.1) is 6.92 Å². The van der Waals surface area contributed by atoms with Crippen molar-refractivity contribution in [3.63, 3.8) is 0 Å². The molecule has 0 amide bonds. The lowest BCUT2D eigenvalue weighted by atomic mass is 9.87. The molecule has 1 aromatic carbocycles. The maximum atomic E-state index is 4.60. The van der Waals surface area contributed by atoms with Crippen molar-refractivity contribution >= 4 is 0 Å². The van der Waals surface area contributed by atoms with Gasteiger partial charge in [-0.25, -0.2) is 0 Å². The molecule has 17 heavy (non-hydrogen) atoms. The van der Waals surface area contributed by atoms with Gasteiger partial charge >= 0.3 is 0 Å². The molecular weight excluding hydrogens is 208 g/mol. The number of aryl methyl sites for hydroxylation is 2. The van der Waals surface area contributed by atoms with Crippen LogP contribution in [0.25, 0.3) is 11.1 Å². The molecule has 0 aliphatic rings. The van der Waals surface area contributed by atoms with Gasteiger partial charge in [-0.15, -0.1) is 0 Å². The zero-order valence-electron chi connectivity index (χ0n) is 11.3. The van der Waals surface area contributed by atoms with E-state index in [1.54, 1.807) is 0 Å². The topological polar surface area (TPSA) is 17.8 Å². The lowest BCUT2D eigenvalue weighted by Gasteiger charge is -2.17. The molecule has 0 spiro atoms. The fourth-order valence-corrected chi connectivity index (χ4v) is 1.99. The standard InChI is InChI=1S/C15H20N2/c1-11-6-8-12(9-7-11)13-10-17(5)16-14(13)15(2,3)4/h6-10H,1-5H3. The minimum absolute atomic E-state index is 0.0709. The van der Waals surface area contributed by atoms with Crippen LogP contribution in [0.5, 0.6) is 0 Å². The number of nitrogens with zero attached hydrogens (tertiary/aromatic N) is 2. The molecule has 0 saturated carbocycles. The van der Waals surface area contributed by atoms with Crippen LogP contribution in [0.2, 0.25) is 0 Å². The van der Waals surface area contributed by atoms with Crippen LogP contribution in [0.15, 0.2) is 30.5 Å². The van der Waals surface area contributed by atoms with Gasteiger partial charge in [0, 0.05) is 24.2 Å². The zero-order valence-corrected chi connectivity index (χ0v) is 11.3. The summed E-state index contributed by atoms with van der Waals surface area (Å²) in [6, 6.07) is 8.63. The molecule has 1 heterocycles. The van der Waals surface area contributed by atoms with Crippen LogP contribution in [0.4, 0.5) is 0 Å². The molecule has 0 aliphatic heterocycles. The van der Waals surface area contributed by atoms with Crippen LogP contribution < -0.4 is 0 Å². The molecule has 90 valence electrons. The Balaban J connectivity index is 2.55.